The van der Waals surface area contributed by atoms with E-state index in [0.717, 1.165) is 16.7 Å². The molecule has 0 unspecified atom stereocenters. The highest BCUT2D eigenvalue weighted by Crippen LogP contribution is 2.30. The third-order valence-corrected chi connectivity index (χ3v) is 3.93. The molecule has 0 amide bonds. The van der Waals surface area contributed by atoms with E-state index in [1.165, 1.54) is 0 Å². The maximum absolute atomic E-state index is 9.84. The Morgan fingerprint density at radius 2 is 1.29 bits per heavy atom. The van der Waals surface area contributed by atoms with Crippen molar-refractivity contribution in [3.63, 3.8) is 0 Å². The molecule has 0 aliphatic heterocycles. The summed E-state index contributed by atoms with van der Waals surface area (Å²) < 4.78 is 12.0. The molecule has 3 rings (SSSR count). The van der Waals surface area contributed by atoms with Crippen LogP contribution in [-0.4, -0.2) is 10.7 Å². The van der Waals surface area contributed by atoms with Crippen molar-refractivity contribution in [3.8, 4) is 23.3 Å². The lowest BCUT2D eigenvalue weighted by atomic mass is 10.1. The minimum absolute atomic E-state index is 0.435. The summed E-state index contributed by atoms with van der Waals surface area (Å²) >= 11 is 0. The molecule has 0 aliphatic carbocycles. The summed E-state index contributed by atoms with van der Waals surface area (Å²) in [6.45, 7) is 4.20. The maximum Gasteiger partial charge on any atom is 0.162 e. The van der Waals surface area contributed by atoms with Crippen LogP contribution in [0, 0.1) is 11.8 Å². The molecule has 1 N–H and O–H groups in total. The van der Waals surface area contributed by atoms with E-state index in [9.17, 15) is 5.11 Å². The molecule has 3 nitrogen and oxygen atoms in total. The predicted octanol–water partition coefficient (Wildman–Crippen LogP) is 4.97. The summed E-state index contributed by atoms with van der Waals surface area (Å²) in [7, 11) is 0. The van der Waals surface area contributed by atoms with Crippen molar-refractivity contribution in [2.24, 2.45) is 0 Å². The first-order valence-corrected chi connectivity index (χ1v) is 9.23. The number of hydrogen-bond acceptors (Lipinski definition) is 3. The van der Waals surface area contributed by atoms with Gasteiger partial charge in [-0.1, -0.05) is 72.5 Å². The van der Waals surface area contributed by atoms with Gasteiger partial charge in [0.25, 0.3) is 0 Å². The van der Waals surface area contributed by atoms with Crippen molar-refractivity contribution in [1.82, 2.24) is 0 Å². The van der Waals surface area contributed by atoms with Gasteiger partial charge in [-0.25, -0.2) is 0 Å². The normalized spacial score (nSPS) is 10.7. The van der Waals surface area contributed by atoms with E-state index >= 15 is 0 Å². The first-order valence-electron chi connectivity index (χ1n) is 9.23. The van der Waals surface area contributed by atoms with Gasteiger partial charge in [0.2, 0.25) is 0 Å². The van der Waals surface area contributed by atoms with E-state index in [4.69, 9.17) is 9.47 Å². The van der Waals surface area contributed by atoms with Crippen LogP contribution in [0.5, 0.6) is 11.5 Å². The Morgan fingerprint density at radius 1 is 0.750 bits per heavy atom. The van der Waals surface area contributed by atoms with Crippen molar-refractivity contribution in [1.29, 1.82) is 0 Å². The van der Waals surface area contributed by atoms with Gasteiger partial charge in [0, 0.05) is 5.56 Å². The van der Waals surface area contributed by atoms with Crippen LogP contribution in [0.4, 0.5) is 0 Å². The molecule has 0 aromatic heterocycles. The fourth-order valence-electron chi connectivity index (χ4n) is 2.51. The summed E-state index contributed by atoms with van der Waals surface area (Å²) in [5, 5.41) is 9.84. The third-order valence-electron chi connectivity index (χ3n) is 3.93. The minimum Gasteiger partial charge on any atom is -0.485 e. The number of hydrogen-bond donors (Lipinski definition) is 1. The molecule has 0 saturated heterocycles. The first kappa shape index (κ1) is 19.5. The Labute approximate surface area is 166 Å². The Kier molecular flexibility index (Phi) is 6.37. The second kappa shape index (κ2) is 9.12. The van der Waals surface area contributed by atoms with Gasteiger partial charge in [-0.15, -0.1) is 0 Å². The highest BCUT2D eigenvalue weighted by atomic mass is 16.5. The van der Waals surface area contributed by atoms with Gasteiger partial charge in [0.15, 0.2) is 11.5 Å². The zero-order chi connectivity index (χ0) is 19.8. The van der Waals surface area contributed by atoms with E-state index < -0.39 is 5.60 Å². The monoisotopic (exact) mass is 372 g/mol. The summed E-state index contributed by atoms with van der Waals surface area (Å²) in [4.78, 5) is 0. The van der Waals surface area contributed by atoms with Crippen LogP contribution >= 0.6 is 0 Å². The molecule has 0 bridgehead atoms. The molecule has 3 aromatic rings. The molecule has 0 saturated carbocycles. The summed E-state index contributed by atoms with van der Waals surface area (Å²) in [6, 6.07) is 25.5. The Bertz CT molecular complexity index is 946. The Morgan fingerprint density at radius 3 is 1.82 bits per heavy atom. The van der Waals surface area contributed by atoms with E-state index in [1.807, 2.05) is 78.9 Å². The molecule has 0 radical (unpaired) electrons. The molecular formula is C25H24O3. The average Bonchev–Trinajstić information content (AvgIpc) is 2.71. The van der Waals surface area contributed by atoms with Gasteiger partial charge in [-0.2, -0.15) is 0 Å². The molecule has 0 aliphatic rings. The summed E-state index contributed by atoms with van der Waals surface area (Å²) in [6.07, 6.45) is 0. The summed E-state index contributed by atoms with van der Waals surface area (Å²) in [5.74, 6) is 7.10. The van der Waals surface area contributed by atoms with E-state index in [2.05, 4.69) is 11.8 Å². The SMILES string of the molecule is CC(C)(O)C#Cc1ccc(OCc2ccccc2)c(OCc2ccccc2)c1. The maximum atomic E-state index is 9.84. The van der Waals surface area contributed by atoms with Crippen molar-refractivity contribution < 1.29 is 14.6 Å². The number of rotatable bonds is 6. The molecule has 142 valence electrons. The fourth-order valence-corrected chi connectivity index (χ4v) is 2.51. The van der Waals surface area contributed by atoms with Gasteiger partial charge in [0.1, 0.15) is 18.8 Å². The predicted molar refractivity (Wildman–Crippen MR) is 111 cm³/mol. The van der Waals surface area contributed by atoms with Crippen molar-refractivity contribution in [3.05, 3.63) is 95.6 Å². The highest BCUT2D eigenvalue weighted by Gasteiger charge is 2.09. The largest absolute Gasteiger partial charge is 0.485 e. The van der Waals surface area contributed by atoms with E-state index in [-0.39, 0.29) is 0 Å². The van der Waals surface area contributed by atoms with Crippen molar-refractivity contribution >= 4 is 0 Å². The summed E-state index contributed by atoms with van der Waals surface area (Å²) in [5.41, 5.74) is 1.87. The number of aliphatic hydroxyl groups is 1. The highest BCUT2D eigenvalue weighted by molar-refractivity contribution is 5.49. The van der Waals surface area contributed by atoms with Crippen LogP contribution in [0.3, 0.4) is 0 Å². The van der Waals surface area contributed by atoms with Crippen LogP contribution in [0.2, 0.25) is 0 Å². The van der Waals surface area contributed by atoms with Crippen LogP contribution in [0.25, 0.3) is 0 Å². The van der Waals surface area contributed by atoms with E-state index in [0.29, 0.717) is 24.7 Å². The van der Waals surface area contributed by atoms with Gasteiger partial charge in [-0.05, 0) is 43.2 Å². The average molecular weight is 372 g/mol. The standard InChI is InChI=1S/C25H24O3/c1-25(2,26)16-15-20-13-14-23(27-18-21-9-5-3-6-10-21)24(17-20)28-19-22-11-7-4-8-12-22/h3-14,17,26H,18-19H2,1-2H3. The topological polar surface area (TPSA) is 38.7 Å². The lowest BCUT2D eigenvalue weighted by Gasteiger charge is -2.14. The molecule has 0 fully saturated rings. The van der Waals surface area contributed by atoms with E-state index in [1.54, 1.807) is 13.8 Å². The third kappa shape index (κ3) is 6.19. The van der Waals surface area contributed by atoms with Gasteiger partial charge in [0.05, 0.1) is 0 Å². The molecular weight excluding hydrogens is 348 g/mol. The molecule has 3 heteroatoms. The van der Waals surface area contributed by atoms with Crippen LogP contribution < -0.4 is 9.47 Å². The Balaban J connectivity index is 1.80. The Hall–Kier alpha value is -3.22. The van der Waals surface area contributed by atoms with Gasteiger partial charge < -0.3 is 14.6 Å². The minimum atomic E-state index is -1.05. The van der Waals surface area contributed by atoms with Crippen LogP contribution in [-0.2, 0) is 13.2 Å². The second-order valence-electron chi connectivity index (χ2n) is 7.02. The first-order chi connectivity index (χ1) is 13.5. The lowest BCUT2D eigenvalue weighted by molar-refractivity contribution is 0.143. The van der Waals surface area contributed by atoms with Crippen molar-refractivity contribution in [2.45, 2.75) is 32.7 Å². The van der Waals surface area contributed by atoms with Gasteiger partial charge >= 0.3 is 0 Å². The molecule has 0 spiro atoms. The zero-order valence-electron chi connectivity index (χ0n) is 16.2. The van der Waals surface area contributed by atoms with Crippen LogP contribution in [0.15, 0.2) is 78.9 Å². The number of ether oxygens (including phenoxy) is 2. The molecule has 3 aromatic carbocycles. The number of benzene rings is 3. The molecule has 0 heterocycles. The molecule has 0 atom stereocenters. The smallest absolute Gasteiger partial charge is 0.162 e. The quantitative estimate of drug-likeness (QED) is 0.621. The van der Waals surface area contributed by atoms with Gasteiger partial charge in [-0.3, -0.25) is 0 Å². The fraction of sp³-hybridized carbons (Fsp3) is 0.200. The van der Waals surface area contributed by atoms with Crippen molar-refractivity contribution in [2.75, 3.05) is 0 Å². The zero-order valence-corrected chi connectivity index (χ0v) is 16.2. The van der Waals surface area contributed by atoms with Crippen LogP contribution in [0.1, 0.15) is 30.5 Å². The second-order valence-corrected chi connectivity index (χ2v) is 7.02. The molecule has 28 heavy (non-hydrogen) atoms. The lowest BCUT2D eigenvalue weighted by Crippen LogP contribution is -2.14.